The molecular formula is C19H40N2. The lowest BCUT2D eigenvalue weighted by Gasteiger charge is -2.38. The van der Waals surface area contributed by atoms with Gasteiger partial charge in [-0.25, -0.2) is 0 Å². The third-order valence-corrected chi connectivity index (χ3v) is 5.42. The first-order valence-electron chi connectivity index (χ1n) is 9.33. The fourth-order valence-corrected chi connectivity index (χ4v) is 4.33. The highest BCUT2D eigenvalue weighted by Gasteiger charge is 2.42. The molecule has 1 aliphatic carbocycles. The zero-order valence-corrected chi connectivity index (χ0v) is 15.7. The molecule has 1 saturated carbocycles. The summed E-state index contributed by atoms with van der Waals surface area (Å²) in [5, 5.41) is 3.79. The molecule has 0 aromatic carbocycles. The van der Waals surface area contributed by atoms with Gasteiger partial charge in [-0.1, -0.05) is 48.5 Å². The van der Waals surface area contributed by atoms with Gasteiger partial charge in [0.15, 0.2) is 0 Å². The van der Waals surface area contributed by atoms with Gasteiger partial charge in [0.25, 0.3) is 0 Å². The van der Waals surface area contributed by atoms with Crippen LogP contribution >= 0.6 is 0 Å². The lowest BCUT2D eigenvalue weighted by Crippen LogP contribution is -2.48. The van der Waals surface area contributed by atoms with Crippen LogP contribution in [0.15, 0.2) is 0 Å². The maximum Gasteiger partial charge on any atom is 0.0159 e. The summed E-state index contributed by atoms with van der Waals surface area (Å²) in [6, 6.07) is 1.45. The normalized spacial score (nSPS) is 25.4. The van der Waals surface area contributed by atoms with Gasteiger partial charge in [0, 0.05) is 25.2 Å². The predicted molar refractivity (Wildman–Crippen MR) is 94.8 cm³/mol. The van der Waals surface area contributed by atoms with Crippen LogP contribution in [0.5, 0.6) is 0 Å². The number of hydrogen-bond donors (Lipinski definition) is 1. The molecule has 0 aliphatic heterocycles. The summed E-state index contributed by atoms with van der Waals surface area (Å²) in [6.45, 7) is 20.2. The minimum Gasteiger partial charge on any atom is -0.313 e. The summed E-state index contributed by atoms with van der Waals surface area (Å²) in [6.07, 6.45) is 5.32. The Morgan fingerprint density at radius 2 is 1.76 bits per heavy atom. The highest BCUT2D eigenvalue weighted by molar-refractivity contribution is 4.97. The van der Waals surface area contributed by atoms with E-state index in [0.717, 1.165) is 24.4 Å². The molecule has 2 heteroatoms. The molecule has 1 N–H and O–H groups in total. The quantitative estimate of drug-likeness (QED) is 0.671. The largest absolute Gasteiger partial charge is 0.313 e. The Balaban J connectivity index is 2.76. The number of nitrogens with one attached hydrogen (secondary N) is 1. The maximum absolute atomic E-state index is 3.79. The Hall–Kier alpha value is -0.0800. The highest BCUT2D eigenvalue weighted by atomic mass is 15.2. The van der Waals surface area contributed by atoms with E-state index in [1.807, 2.05) is 0 Å². The van der Waals surface area contributed by atoms with Gasteiger partial charge in [-0.3, -0.25) is 4.90 Å². The van der Waals surface area contributed by atoms with E-state index in [-0.39, 0.29) is 0 Å². The van der Waals surface area contributed by atoms with E-state index >= 15 is 0 Å². The first-order valence-corrected chi connectivity index (χ1v) is 9.33. The lowest BCUT2D eigenvalue weighted by atomic mass is 9.84. The van der Waals surface area contributed by atoms with Crippen molar-refractivity contribution in [3.63, 3.8) is 0 Å². The van der Waals surface area contributed by atoms with Gasteiger partial charge in [0.05, 0.1) is 0 Å². The van der Waals surface area contributed by atoms with Gasteiger partial charge >= 0.3 is 0 Å². The average molecular weight is 297 g/mol. The van der Waals surface area contributed by atoms with Gasteiger partial charge in [-0.05, 0) is 49.5 Å². The van der Waals surface area contributed by atoms with Gasteiger partial charge in [-0.15, -0.1) is 0 Å². The molecule has 1 aliphatic rings. The summed E-state index contributed by atoms with van der Waals surface area (Å²) in [4.78, 5) is 2.79. The molecule has 2 nitrogen and oxygen atoms in total. The van der Waals surface area contributed by atoms with E-state index in [1.54, 1.807) is 0 Å². The van der Waals surface area contributed by atoms with E-state index in [0.29, 0.717) is 11.5 Å². The molecule has 0 heterocycles. The van der Waals surface area contributed by atoms with Crippen molar-refractivity contribution in [1.29, 1.82) is 0 Å². The van der Waals surface area contributed by atoms with Crippen molar-refractivity contribution in [1.82, 2.24) is 10.2 Å². The minimum atomic E-state index is 0.456. The Kier molecular flexibility index (Phi) is 7.70. The molecule has 0 saturated heterocycles. The smallest absolute Gasteiger partial charge is 0.0159 e. The second-order valence-electron chi connectivity index (χ2n) is 8.14. The van der Waals surface area contributed by atoms with Crippen molar-refractivity contribution in [2.24, 2.45) is 17.3 Å². The SMILES string of the molecule is CCNC1C(CN(CC(C)C)C(CC)CC)CCC1(C)C. The van der Waals surface area contributed by atoms with Crippen LogP contribution in [0.4, 0.5) is 0 Å². The second-order valence-corrected chi connectivity index (χ2v) is 8.14. The van der Waals surface area contributed by atoms with Crippen molar-refractivity contribution in [2.75, 3.05) is 19.6 Å². The summed E-state index contributed by atoms with van der Waals surface area (Å²) in [5.74, 6) is 1.58. The van der Waals surface area contributed by atoms with Gasteiger partial charge in [0.2, 0.25) is 0 Å². The van der Waals surface area contributed by atoms with E-state index in [1.165, 1.54) is 38.8 Å². The summed E-state index contributed by atoms with van der Waals surface area (Å²) < 4.78 is 0. The van der Waals surface area contributed by atoms with Crippen LogP contribution in [0.25, 0.3) is 0 Å². The van der Waals surface area contributed by atoms with Crippen LogP contribution in [0.1, 0.15) is 74.1 Å². The van der Waals surface area contributed by atoms with Crippen LogP contribution in [-0.4, -0.2) is 36.6 Å². The predicted octanol–water partition coefficient (Wildman–Crippen LogP) is 4.55. The molecular weight excluding hydrogens is 256 g/mol. The Morgan fingerprint density at radius 1 is 1.14 bits per heavy atom. The average Bonchev–Trinajstić information content (AvgIpc) is 2.67. The van der Waals surface area contributed by atoms with Crippen molar-refractivity contribution < 1.29 is 0 Å². The Morgan fingerprint density at radius 3 is 2.24 bits per heavy atom. The Bertz CT molecular complexity index is 281. The van der Waals surface area contributed by atoms with Crippen LogP contribution in [0.3, 0.4) is 0 Å². The van der Waals surface area contributed by atoms with E-state index in [2.05, 4.69) is 58.7 Å². The monoisotopic (exact) mass is 296 g/mol. The molecule has 0 aromatic heterocycles. The molecule has 0 radical (unpaired) electrons. The first kappa shape index (κ1) is 19.0. The second kappa shape index (κ2) is 8.53. The molecule has 0 aromatic rings. The number of hydrogen-bond acceptors (Lipinski definition) is 2. The Labute approximate surface area is 134 Å². The minimum absolute atomic E-state index is 0.456. The lowest BCUT2D eigenvalue weighted by molar-refractivity contribution is 0.123. The topological polar surface area (TPSA) is 15.3 Å². The van der Waals surface area contributed by atoms with Crippen molar-refractivity contribution in [3.05, 3.63) is 0 Å². The molecule has 2 atom stereocenters. The van der Waals surface area contributed by atoms with Crippen molar-refractivity contribution >= 4 is 0 Å². The molecule has 1 rings (SSSR count). The van der Waals surface area contributed by atoms with Gasteiger partial charge in [-0.2, -0.15) is 0 Å². The van der Waals surface area contributed by atoms with Gasteiger partial charge < -0.3 is 5.32 Å². The molecule has 126 valence electrons. The molecule has 0 amide bonds. The van der Waals surface area contributed by atoms with E-state index < -0.39 is 0 Å². The number of rotatable bonds is 9. The van der Waals surface area contributed by atoms with Crippen LogP contribution in [0, 0.1) is 17.3 Å². The highest BCUT2D eigenvalue weighted by Crippen LogP contribution is 2.42. The fourth-order valence-electron chi connectivity index (χ4n) is 4.33. The zero-order valence-electron chi connectivity index (χ0n) is 15.7. The third kappa shape index (κ3) is 5.25. The van der Waals surface area contributed by atoms with Crippen LogP contribution in [-0.2, 0) is 0 Å². The zero-order chi connectivity index (χ0) is 16.0. The third-order valence-electron chi connectivity index (χ3n) is 5.42. The molecule has 0 spiro atoms. The maximum atomic E-state index is 3.79. The molecule has 0 bridgehead atoms. The van der Waals surface area contributed by atoms with Crippen LogP contribution in [0.2, 0.25) is 0 Å². The first-order chi connectivity index (χ1) is 9.85. The fraction of sp³-hybridized carbons (Fsp3) is 1.00. The molecule has 21 heavy (non-hydrogen) atoms. The summed E-state index contributed by atoms with van der Waals surface area (Å²) >= 11 is 0. The van der Waals surface area contributed by atoms with Gasteiger partial charge in [0.1, 0.15) is 0 Å². The van der Waals surface area contributed by atoms with Crippen molar-refractivity contribution in [2.45, 2.75) is 86.2 Å². The summed E-state index contributed by atoms with van der Waals surface area (Å²) in [5.41, 5.74) is 0.456. The van der Waals surface area contributed by atoms with E-state index in [4.69, 9.17) is 0 Å². The van der Waals surface area contributed by atoms with E-state index in [9.17, 15) is 0 Å². The van der Waals surface area contributed by atoms with Crippen molar-refractivity contribution in [3.8, 4) is 0 Å². The molecule has 1 fully saturated rings. The standard InChI is InChI=1S/C19H40N2/c1-8-17(9-2)21(13-15(4)5)14-16-11-12-19(6,7)18(16)20-10-3/h15-18,20H,8-14H2,1-7H3. The number of nitrogens with zero attached hydrogens (tertiary/aromatic N) is 1. The van der Waals surface area contributed by atoms with Crippen LogP contribution < -0.4 is 5.32 Å². The molecule has 2 unspecified atom stereocenters. The summed E-state index contributed by atoms with van der Waals surface area (Å²) in [7, 11) is 0.